The fourth-order valence-electron chi connectivity index (χ4n) is 3.25. The van der Waals surface area contributed by atoms with Gasteiger partial charge in [-0.25, -0.2) is 0 Å². The van der Waals surface area contributed by atoms with E-state index in [-0.39, 0.29) is 5.43 Å². The monoisotopic (exact) mass is 439 g/mol. The largest absolute Gasteiger partial charge is 0.497 e. The zero-order valence-corrected chi connectivity index (χ0v) is 16.7. The lowest BCUT2D eigenvalue weighted by atomic mass is 10.1. The summed E-state index contributed by atoms with van der Waals surface area (Å²) < 4.78 is 50.4. The fraction of sp³-hybridized carbons (Fsp3) is 0.0833. The number of amides is 1. The first kappa shape index (κ1) is 21.2. The zero-order valence-electron chi connectivity index (χ0n) is 16.7. The number of halogens is 3. The van der Waals surface area contributed by atoms with E-state index in [1.807, 2.05) is 0 Å². The normalized spacial score (nSPS) is 11.4. The summed E-state index contributed by atoms with van der Waals surface area (Å²) in [4.78, 5) is 24.9. The molecule has 1 heterocycles. The van der Waals surface area contributed by atoms with Crippen LogP contribution in [0.1, 0.15) is 15.9 Å². The van der Waals surface area contributed by atoms with Crippen molar-refractivity contribution in [1.29, 1.82) is 0 Å². The van der Waals surface area contributed by atoms with E-state index >= 15 is 0 Å². The summed E-state index contributed by atoms with van der Waals surface area (Å²) in [6, 6.07) is 17.0. The van der Waals surface area contributed by atoms with Crippen molar-refractivity contribution in [3.05, 3.63) is 94.1 Å². The third-order valence-electron chi connectivity index (χ3n) is 4.84. The van der Waals surface area contributed by atoms with E-state index < -0.39 is 23.2 Å². The first-order valence-corrected chi connectivity index (χ1v) is 9.46. The molecule has 0 saturated carbocycles. The van der Waals surface area contributed by atoms with Gasteiger partial charge in [-0.1, -0.05) is 12.1 Å². The van der Waals surface area contributed by atoms with Gasteiger partial charge in [0, 0.05) is 17.3 Å². The maximum atomic E-state index is 13.2. The number of hydrogen-bond donors (Lipinski definition) is 1. The van der Waals surface area contributed by atoms with Crippen LogP contribution in [0.25, 0.3) is 22.3 Å². The van der Waals surface area contributed by atoms with Gasteiger partial charge in [-0.3, -0.25) is 9.59 Å². The van der Waals surface area contributed by atoms with Gasteiger partial charge in [-0.05, 0) is 54.6 Å². The second-order valence-electron chi connectivity index (χ2n) is 6.91. The Morgan fingerprint density at radius 3 is 2.38 bits per heavy atom. The van der Waals surface area contributed by atoms with Crippen LogP contribution < -0.4 is 15.5 Å². The Morgan fingerprint density at radius 2 is 1.69 bits per heavy atom. The zero-order chi connectivity index (χ0) is 22.9. The SMILES string of the molecule is COc1ccc2oc(-c3ccc(NC(=O)c4ccccc4C(F)(F)F)cc3)cc(=O)c2c1. The average molecular weight is 439 g/mol. The minimum atomic E-state index is -4.64. The number of carbonyl (C=O) groups excluding carboxylic acids is 1. The Kier molecular flexibility index (Phi) is 5.44. The molecule has 0 aliphatic carbocycles. The summed E-state index contributed by atoms with van der Waals surface area (Å²) in [7, 11) is 1.50. The summed E-state index contributed by atoms with van der Waals surface area (Å²) in [6.07, 6.45) is -4.64. The minimum Gasteiger partial charge on any atom is -0.497 e. The number of rotatable bonds is 4. The Bertz CT molecular complexity index is 1360. The van der Waals surface area contributed by atoms with Crippen LogP contribution in [0.2, 0.25) is 0 Å². The van der Waals surface area contributed by atoms with Gasteiger partial charge in [0.15, 0.2) is 5.43 Å². The van der Waals surface area contributed by atoms with E-state index in [0.717, 1.165) is 12.1 Å². The second kappa shape index (κ2) is 8.22. The van der Waals surface area contributed by atoms with E-state index in [1.54, 1.807) is 30.3 Å². The molecule has 8 heteroatoms. The van der Waals surface area contributed by atoms with E-state index in [1.165, 1.54) is 37.4 Å². The van der Waals surface area contributed by atoms with Crippen LogP contribution in [0.3, 0.4) is 0 Å². The van der Waals surface area contributed by atoms with E-state index in [2.05, 4.69) is 5.32 Å². The van der Waals surface area contributed by atoms with Crippen molar-refractivity contribution in [3.63, 3.8) is 0 Å². The molecule has 0 unspecified atom stereocenters. The van der Waals surface area contributed by atoms with Crippen molar-refractivity contribution in [2.45, 2.75) is 6.18 Å². The highest BCUT2D eigenvalue weighted by Gasteiger charge is 2.34. The highest BCUT2D eigenvalue weighted by atomic mass is 19.4. The van der Waals surface area contributed by atoms with Crippen molar-refractivity contribution in [3.8, 4) is 17.1 Å². The number of benzene rings is 3. The molecule has 0 spiro atoms. The molecule has 3 aromatic carbocycles. The number of nitrogens with one attached hydrogen (secondary N) is 1. The van der Waals surface area contributed by atoms with Gasteiger partial charge in [0.2, 0.25) is 0 Å². The van der Waals surface area contributed by atoms with Crippen LogP contribution in [0.5, 0.6) is 5.75 Å². The predicted molar refractivity (Wildman–Crippen MR) is 114 cm³/mol. The molecule has 32 heavy (non-hydrogen) atoms. The van der Waals surface area contributed by atoms with Crippen molar-refractivity contribution >= 4 is 22.6 Å². The first-order chi connectivity index (χ1) is 15.3. The smallest absolute Gasteiger partial charge is 0.417 e. The molecule has 5 nitrogen and oxygen atoms in total. The average Bonchev–Trinajstić information content (AvgIpc) is 2.78. The summed E-state index contributed by atoms with van der Waals surface area (Å²) >= 11 is 0. The number of alkyl halides is 3. The topological polar surface area (TPSA) is 68.5 Å². The number of hydrogen-bond acceptors (Lipinski definition) is 4. The summed E-state index contributed by atoms with van der Waals surface area (Å²) in [5.74, 6) is -0.0328. The molecule has 0 saturated heterocycles. The van der Waals surface area contributed by atoms with Crippen LogP contribution >= 0.6 is 0 Å². The molecule has 4 aromatic rings. The molecule has 0 atom stereocenters. The molecule has 4 rings (SSSR count). The van der Waals surface area contributed by atoms with E-state index in [9.17, 15) is 22.8 Å². The van der Waals surface area contributed by atoms with Crippen molar-refractivity contribution in [2.24, 2.45) is 0 Å². The third kappa shape index (κ3) is 4.20. The molecule has 0 aliphatic heterocycles. The summed E-state index contributed by atoms with van der Waals surface area (Å²) in [6.45, 7) is 0. The highest BCUT2D eigenvalue weighted by molar-refractivity contribution is 6.05. The van der Waals surface area contributed by atoms with Gasteiger partial charge >= 0.3 is 6.18 Å². The van der Waals surface area contributed by atoms with Crippen LogP contribution in [-0.4, -0.2) is 13.0 Å². The van der Waals surface area contributed by atoms with Gasteiger partial charge < -0.3 is 14.5 Å². The summed E-state index contributed by atoms with van der Waals surface area (Å²) in [5, 5.41) is 2.83. The molecule has 1 N–H and O–H groups in total. The van der Waals surface area contributed by atoms with E-state index in [0.29, 0.717) is 33.7 Å². The van der Waals surface area contributed by atoms with Gasteiger partial charge in [-0.2, -0.15) is 13.2 Å². The van der Waals surface area contributed by atoms with Crippen LogP contribution in [0.15, 0.2) is 82.0 Å². The lowest BCUT2D eigenvalue weighted by molar-refractivity contribution is -0.137. The van der Waals surface area contributed by atoms with Crippen molar-refractivity contribution in [1.82, 2.24) is 0 Å². The van der Waals surface area contributed by atoms with Crippen molar-refractivity contribution < 1.29 is 27.1 Å². The molecule has 0 radical (unpaired) electrons. The number of ether oxygens (including phenoxy) is 1. The summed E-state index contributed by atoms with van der Waals surface area (Å²) in [5.41, 5.74) is -0.489. The quantitative estimate of drug-likeness (QED) is 0.440. The Labute approximate surface area is 180 Å². The molecular formula is C24H16F3NO4. The molecule has 0 fully saturated rings. The van der Waals surface area contributed by atoms with E-state index in [4.69, 9.17) is 9.15 Å². The van der Waals surface area contributed by atoms with Crippen LogP contribution in [0, 0.1) is 0 Å². The minimum absolute atomic E-state index is 0.249. The number of methoxy groups -OCH3 is 1. The van der Waals surface area contributed by atoms with Gasteiger partial charge in [0.1, 0.15) is 17.1 Å². The van der Waals surface area contributed by atoms with Crippen LogP contribution in [-0.2, 0) is 6.18 Å². The molecule has 0 bridgehead atoms. The van der Waals surface area contributed by atoms with Gasteiger partial charge in [0.05, 0.1) is 23.6 Å². The standard InChI is InChI=1S/C24H16F3NO4/c1-31-16-10-11-21-18(12-16)20(29)13-22(32-21)14-6-8-15(9-7-14)28-23(30)17-4-2-3-5-19(17)24(25,26)27/h2-13H,1H3,(H,28,30). The van der Waals surface area contributed by atoms with Crippen LogP contribution in [0.4, 0.5) is 18.9 Å². The molecule has 162 valence electrons. The first-order valence-electron chi connectivity index (χ1n) is 9.46. The highest BCUT2D eigenvalue weighted by Crippen LogP contribution is 2.32. The third-order valence-corrected chi connectivity index (χ3v) is 4.84. The maximum absolute atomic E-state index is 13.2. The molecule has 1 aromatic heterocycles. The van der Waals surface area contributed by atoms with Gasteiger partial charge in [0.25, 0.3) is 5.91 Å². The number of anilines is 1. The second-order valence-corrected chi connectivity index (χ2v) is 6.91. The molecule has 0 aliphatic rings. The predicted octanol–water partition coefficient (Wildman–Crippen LogP) is 5.74. The molecular weight excluding hydrogens is 423 g/mol. The Hall–Kier alpha value is -4.07. The lowest BCUT2D eigenvalue weighted by Crippen LogP contribution is -2.18. The number of fused-ring (bicyclic) bond motifs is 1. The van der Waals surface area contributed by atoms with Crippen molar-refractivity contribution in [2.75, 3.05) is 12.4 Å². The molecule has 1 amide bonds. The number of carbonyl (C=O) groups is 1. The maximum Gasteiger partial charge on any atom is 0.417 e. The lowest BCUT2D eigenvalue weighted by Gasteiger charge is -2.13. The Balaban J connectivity index is 1.59. The van der Waals surface area contributed by atoms with Gasteiger partial charge in [-0.15, -0.1) is 0 Å². The fourth-order valence-corrected chi connectivity index (χ4v) is 3.25. The Morgan fingerprint density at radius 1 is 0.969 bits per heavy atom.